The van der Waals surface area contributed by atoms with Crippen LogP contribution in [0, 0.1) is 0 Å². The monoisotopic (exact) mass is 376 g/mol. The summed E-state index contributed by atoms with van der Waals surface area (Å²) in [5.74, 6) is -0.789. The van der Waals surface area contributed by atoms with E-state index in [-0.39, 0.29) is 23.3 Å². The van der Waals surface area contributed by atoms with E-state index in [4.69, 9.17) is 8.83 Å². The average molecular weight is 376 g/mol. The Labute approximate surface area is 158 Å². The van der Waals surface area contributed by atoms with Crippen LogP contribution in [0.25, 0.3) is 33.3 Å². The fourth-order valence-corrected chi connectivity index (χ4v) is 4.18. The van der Waals surface area contributed by atoms with Crippen LogP contribution in [0.1, 0.15) is 23.1 Å². The third kappa shape index (κ3) is 2.34. The molecule has 1 aliphatic carbocycles. The zero-order valence-electron chi connectivity index (χ0n) is 14.8. The molecule has 2 aromatic heterocycles. The number of phenols is 1. The third-order valence-electron chi connectivity index (χ3n) is 5.34. The number of aromatic hydroxyl groups is 1. The summed E-state index contributed by atoms with van der Waals surface area (Å²) in [6.45, 7) is 0. The van der Waals surface area contributed by atoms with Crippen LogP contribution in [0.4, 0.5) is 0 Å². The fourth-order valence-electron chi connectivity index (χ4n) is 4.18. The number of furan rings is 1. The molecular formula is C22H16O6. The minimum absolute atomic E-state index is 0.0979. The highest BCUT2D eigenvalue weighted by atomic mass is 16.4. The van der Waals surface area contributed by atoms with Gasteiger partial charge in [0.15, 0.2) is 11.3 Å². The molecule has 140 valence electrons. The SMILES string of the molecule is O=C(O)Cc1c(-c2ccccc2)oc2c(O)cc3c4c(c(=O)oc3c12)CCC4. The first-order chi connectivity index (χ1) is 13.5. The van der Waals surface area contributed by atoms with E-state index in [1.54, 1.807) is 18.2 Å². The van der Waals surface area contributed by atoms with Gasteiger partial charge in [-0.25, -0.2) is 4.79 Å². The van der Waals surface area contributed by atoms with E-state index in [0.29, 0.717) is 39.6 Å². The number of carbonyl (C=O) groups is 1. The summed E-state index contributed by atoms with van der Waals surface area (Å²) in [6, 6.07) is 10.6. The first kappa shape index (κ1) is 16.6. The van der Waals surface area contributed by atoms with Crippen molar-refractivity contribution in [3.8, 4) is 17.1 Å². The minimum atomic E-state index is -1.04. The molecule has 2 aromatic carbocycles. The van der Waals surface area contributed by atoms with E-state index in [9.17, 15) is 19.8 Å². The summed E-state index contributed by atoms with van der Waals surface area (Å²) in [6.07, 6.45) is 1.90. The Balaban J connectivity index is 1.96. The Morgan fingerprint density at radius 2 is 1.79 bits per heavy atom. The lowest BCUT2D eigenvalue weighted by atomic mass is 9.99. The van der Waals surface area contributed by atoms with Gasteiger partial charge < -0.3 is 19.0 Å². The van der Waals surface area contributed by atoms with Crippen LogP contribution in [-0.4, -0.2) is 16.2 Å². The molecule has 0 radical (unpaired) electrons. The number of hydrogen-bond donors (Lipinski definition) is 2. The smallest absolute Gasteiger partial charge is 0.339 e. The van der Waals surface area contributed by atoms with Gasteiger partial charge in [-0.1, -0.05) is 30.3 Å². The second-order valence-corrected chi connectivity index (χ2v) is 7.02. The molecule has 0 bridgehead atoms. The molecule has 6 heteroatoms. The van der Waals surface area contributed by atoms with Crippen LogP contribution in [-0.2, 0) is 24.1 Å². The van der Waals surface area contributed by atoms with Crippen LogP contribution >= 0.6 is 0 Å². The molecule has 0 aliphatic heterocycles. The first-order valence-corrected chi connectivity index (χ1v) is 9.07. The molecule has 4 aromatic rings. The third-order valence-corrected chi connectivity index (χ3v) is 5.34. The summed E-state index contributed by atoms with van der Waals surface area (Å²) >= 11 is 0. The minimum Gasteiger partial charge on any atom is -0.504 e. The Morgan fingerprint density at radius 3 is 2.54 bits per heavy atom. The van der Waals surface area contributed by atoms with Crippen molar-refractivity contribution in [3.05, 3.63) is 63.5 Å². The molecule has 0 saturated carbocycles. The van der Waals surface area contributed by atoms with Crippen molar-refractivity contribution >= 4 is 27.9 Å². The quantitative estimate of drug-likeness (QED) is 0.524. The van der Waals surface area contributed by atoms with Crippen molar-refractivity contribution in [2.45, 2.75) is 25.7 Å². The average Bonchev–Trinajstić information content (AvgIpc) is 3.30. The molecule has 0 spiro atoms. The maximum absolute atomic E-state index is 12.5. The molecule has 2 N–H and O–H groups in total. The largest absolute Gasteiger partial charge is 0.504 e. The van der Waals surface area contributed by atoms with Crippen molar-refractivity contribution in [2.24, 2.45) is 0 Å². The summed E-state index contributed by atoms with van der Waals surface area (Å²) in [5, 5.41) is 21.1. The van der Waals surface area contributed by atoms with Crippen molar-refractivity contribution in [1.82, 2.24) is 0 Å². The fraction of sp³-hybridized carbons (Fsp3) is 0.182. The summed E-state index contributed by atoms with van der Waals surface area (Å²) in [5.41, 5.74) is 2.58. The van der Waals surface area contributed by atoms with Crippen LogP contribution in [0.5, 0.6) is 5.75 Å². The van der Waals surface area contributed by atoms with Crippen molar-refractivity contribution in [2.75, 3.05) is 0 Å². The molecule has 6 nitrogen and oxygen atoms in total. The van der Waals surface area contributed by atoms with Gasteiger partial charge >= 0.3 is 11.6 Å². The zero-order valence-corrected chi connectivity index (χ0v) is 14.8. The summed E-state index contributed by atoms with van der Waals surface area (Å²) < 4.78 is 11.5. The summed E-state index contributed by atoms with van der Waals surface area (Å²) in [4.78, 5) is 24.1. The van der Waals surface area contributed by atoms with E-state index in [1.165, 1.54) is 0 Å². The zero-order chi connectivity index (χ0) is 19.4. The van der Waals surface area contributed by atoms with E-state index < -0.39 is 11.6 Å². The number of fused-ring (bicyclic) bond motifs is 5. The van der Waals surface area contributed by atoms with Gasteiger partial charge in [-0.05, 0) is 30.9 Å². The van der Waals surface area contributed by atoms with Crippen molar-refractivity contribution < 1.29 is 23.8 Å². The van der Waals surface area contributed by atoms with Crippen LogP contribution in [0.15, 0.2) is 50.0 Å². The Bertz CT molecular complexity index is 1310. The van der Waals surface area contributed by atoms with Crippen LogP contribution < -0.4 is 5.63 Å². The lowest BCUT2D eigenvalue weighted by Crippen LogP contribution is -2.07. The van der Waals surface area contributed by atoms with Gasteiger partial charge in [-0.3, -0.25) is 4.79 Å². The number of carboxylic acid groups (broad SMARTS) is 1. The molecule has 0 amide bonds. The van der Waals surface area contributed by atoms with Gasteiger partial charge in [0.2, 0.25) is 0 Å². The number of hydrogen-bond acceptors (Lipinski definition) is 5. The normalized spacial score (nSPS) is 13.3. The highest BCUT2D eigenvalue weighted by molar-refractivity contribution is 6.10. The standard InChI is InChI=1S/C22H16O6/c23-16-9-14-12-7-4-8-13(12)22(26)28-20(14)18-15(10-17(24)25)19(27-21(16)18)11-5-2-1-3-6-11/h1-3,5-6,9,23H,4,7-8,10H2,(H,24,25). The van der Waals surface area contributed by atoms with E-state index >= 15 is 0 Å². The van der Waals surface area contributed by atoms with Gasteiger partial charge in [0.25, 0.3) is 0 Å². The molecule has 0 fully saturated rings. The molecule has 28 heavy (non-hydrogen) atoms. The highest BCUT2D eigenvalue weighted by Gasteiger charge is 2.27. The van der Waals surface area contributed by atoms with Gasteiger partial charge in [-0.2, -0.15) is 0 Å². The second-order valence-electron chi connectivity index (χ2n) is 7.02. The molecule has 0 saturated heterocycles. The topological polar surface area (TPSA) is 101 Å². The molecule has 0 unspecified atom stereocenters. The van der Waals surface area contributed by atoms with Gasteiger partial charge in [0.1, 0.15) is 11.3 Å². The second kappa shape index (κ2) is 5.99. The van der Waals surface area contributed by atoms with E-state index in [2.05, 4.69) is 0 Å². The van der Waals surface area contributed by atoms with E-state index in [0.717, 1.165) is 18.4 Å². The van der Waals surface area contributed by atoms with Gasteiger partial charge in [0, 0.05) is 22.1 Å². The van der Waals surface area contributed by atoms with Crippen LogP contribution in [0.2, 0.25) is 0 Å². The Morgan fingerprint density at radius 1 is 1.04 bits per heavy atom. The summed E-state index contributed by atoms with van der Waals surface area (Å²) in [7, 11) is 0. The number of aliphatic carboxylic acids is 1. The number of aryl methyl sites for hydroxylation is 1. The maximum atomic E-state index is 12.5. The highest BCUT2D eigenvalue weighted by Crippen LogP contribution is 2.43. The Hall–Kier alpha value is -3.54. The van der Waals surface area contributed by atoms with Crippen molar-refractivity contribution in [3.63, 3.8) is 0 Å². The maximum Gasteiger partial charge on any atom is 0.339 e. The molecule has 5 rings (SSSR count). The lowest BCUT2D eigenvalue weighted by Gasteiger charge is -2.07. The molecule has 2 heterocycles. The molecule has 1 aliphatic rings. The number of benzene rings is 2. The predicted octanol–water partition coefficient (Wildman–Crippen LogP) is 4.03. The number of carboxylic acids is 1. The van der Waals surface area contributed by atoms with Crippen LogP contribution in [0.3, 0.4) is 0 Å². The number of phenolic OH excluding ortho intramolecular Hbond substituents is 1. The van der Waals surface area contributed by atoms with Gasteiger partial charge in [0.05, 0.1) is 11.8 Å². The predicted molar refractivity (Wildman–Crippen MR) is 103 cm³/mol. The Kier molecular flexibility index (Phi) is 3.55. The first-order valence-electron chi connectivity index (χ1n) is 9.07. The van der Waals surface area contributed by atoms with Gasteiger partial charge in [-0.15, -0.1) is 0 Å². The molecule has 0 atom stereocenters. The van der Waals surface area contributed by atoms with Crippen molar-refractivity contribution in [1.29, 1.82) is 0 Å². The number of rotatable bonds is 3. The van der Waals surface area contributed by atoms with E-state index in [1.807, 2.05) is 18.2 Å². The lowest BCUT2D eigenvalue weighted by molar-refractivity contribution is -0.136. The molecular weight excluding hydrogens is 360 g/mol.